The van der Waals surface area contributed by atoms with Crippen LogP contribution in [0.25, 0.3) is 0 Å². The molecule has 0 radical (unpaired) electrons. The van der Waals surface area contributed by atoms with Crippen LogP contribution in [0, 0.1) is 0 Å². The van der Waals surface area contributed by atoms with Gasteiger partial charge >= 0.3 is 0 Å². The molecule has 78 valence electrons. The number of hydrogen-bond donors (Lipinski definition) is 3. The molecule has 0 aromatic carbocycles. The average molecular weight is 196 g/mol. The van der Waals surface area contributed by atoms with Crippen molar-refractivity contribution in [1.82, 2.24) is 9.88 Å². The molecule has 0 unspecified atom stereocenters. The number of rotatable bonds is 5. The summed E-state index contributed by atoms with van der Waals surface area (Å²) in [5.41, 5.74) is 4.33. The van der Waals surface area contributed by atoms with Crippen LogP contribution in [-0.4, -0.2) is 35.2 Å². The van der Waals surface area contributed by atoms with Gasteiger partial charge in [0.1, 0.15) is 0 Å². The third-order valence-corrected chi connectivity index (χ3v) is 1.90. The molecular formula is C9H16N4O. The molecule has 14 heavy (non-hydrogen) atoms. The minimum atomic E-state index is 0.158. The maximum atomic E-state index is 8.72. The Balaban J connectivity index is 2.57. The molecule has 4 N–H and O–H groups in total. The van der Waals surface area contributed by atoms with E-state index in [9.17, 15) is 0 Å². The summed E-state index contributed by atoms with van der Waals surface area (Å²) in [6.45, 7) is 1.50. The molecule has 5 heteroatoms. The molecule has 0 saturated heterocycles. The summed E-state index contributed by atoms with van der Waals surface area (Å²) < 4.78 is 0. The molecule has 1 heterocycles. The molecule has 0 aliphatic heterocycles. The predicted octanol–water partition coefficient (Wildman–Crippen LogP) is -0.209. The van der Waals surface area contributed by atoms with Crippen LogP contribution < -0.4 is 11.3 Å². The van der Waals surface area contributed by atoms with Gasteiger partial charge in [-0.25, -0.2) is 0 Å². The Morgan fingerprint density at radius 1 is 1.64 bits per heavy atom. The average Bonchev–Trinajstić information content (AvgIpc) is 2.18. The SMILES string of the molecule is CN(CCO)Cc1cc(NN)ccn1. The molecule has 0 bridgehead atoms. The number of nitrogen functional groups attached to an aromatic ring is 1. The number of likely N-dealkylation sites (N-methyl/N-ethyl adjacent to an activating group) is 1. The van der Waals surface area contributed by atoms with Gasteiger partial charge < -0.3 is 10.5 Å². The van der Waals surface area contributed by atoms with Crippen molar-refractivity contribution in [2.45, 2.75) is 6.54 Å². The van der Waals surface area contributed by atoms with Crippen LogP contribution in [0.3, 0.4) is 0 Å². The quantitative estimate of drug-likeness (QED) is 0.449. The second kappa shape index (κ2) is 5.54. The van der Waals surface area contributed by atoms with Gasteiger partial charge in [-0.15, -0.1) is 0 Å². The first-order valence-electron chi connectivity index (χ1n) is 4.47. The van der Waals surface area contributed by atoms with Gasteiger partial charge in [-0.1, -0.05) is 0 Å². The van der Waals surface area contributed by atoms with E-state index < -0.39 is 0 Å². The van der Waals surface area contributed by atoms with E-state index >= 15 is 0 Å². The molecule has 0 saturated carbocycles. The summed E-state index contributed by atoms with van der Waals surface area (Å²) in [4.78, 5) is 6.18. The van der Waals surface area contributed by atoms with Gasteiger partial charge in [-0.2, -0.15) is 0 Å². The second-order valence-electron chi connectivity index (χ2n) is 3.14. The highest BCUT2D eigenvalue weighted by molar-refractivity contribution is 5.41. The molecule has 0 fully saturated rings. The number of aliphatic hydroxyl groups is 1. The van der Waals surface area contributed by atoms with Gasteiger partial charge in [0.25, 0.3) is 0 Å². The van der Waals surface area contributed by atoms with Crippen molar-refractivity contribution in [3.05, 3.63) is 24.0 Å². The zero-order valence-electron chi connectivity index (χ0n) is 8.27. The van der Waals surface area contributed by atoms with Gasteiger partial charge in [0.05, 0.1) is 18.0 Å². The topological polar surface area (TPSA) is 74.4 Å². The number of pyridine rings is 1. The lowest BCUT2D eigenvalue weighted by molar-refractivity contribution is 0.216. The molecule has 0 aliphatic carbocycles. The molecule has 0 spiro atoms. The summed E-state index contributed by atoms with van der Waals surface area (Å²) in [6.07, 6.45) is 1.71. The van der Waals surface area contributed by atoms with Crippen molar-refractivity contribution >= 4 is 5.69 Å². The van der Waals surface area contributed by atoms with Gasteiger partial charge in [0, 0.05) is 19.3 Å². The Morgan fingerprint density at radius 3 is 3.07 bits per heavy atom. The number of nitrogens with one attached hydrogen (secondary N) is 1. The van der Waals surface area contributed by atoms with Crippen LogP contribution in [0.4, 0.5) is 5.69 Å². The summed E-state index contributed by atoms with van der Waals surface area (Å²) in [5, 5.41) is 8.72. The van der Waals surface area contributed by atoms with E-state index in [1.807, 2.05) is 18.0 Å². The van der Waals surface area contributed by atoms with Gasteiger partial charge in [0.15, 0.2) is 0 Å². The minimum absolute atomic E-state index is 0.158. The van der Waals surface area contributed by atoms with Crippen molar-refractivity contribution in [2.75, 3.05) is 25.6 Å². The highest BCUT2D eigenvalue weighted by atomic mass is 16.3. The normalized spacial score (nSPS) is 10.6. The number of aromatic nitrogens is 1. The third kappa shape index (κ3) is 3.29. The van der Waals surface area contributed by atoms with E-state index in [0.29, 0.717) is 13.1 Å². The lowest BCUT2D eigenvalue weighted by Gasteiger charge is -2.14. The Labute approximate surface area is 83.5 Å². The van der Waals surface area contributed by atoms with Crippen molar-refractivity contribution < 1.29 is 5.11 Å². The Kier molecular flexibility index (Phi) is 4.31. The largest absolute Gasteiger partial charge is 0.395 e. The fourth-order valence-electron chi connectivity index (χ4n) is 1.18. The van der Waals surface area contributed by atoms with E-state index in [4.69, 9.17) is 10.9 Å². The first kappa shape index (κ1) is 10.9. The van der Waals surface area contributed by atoms with E-state index in [1.54, 1.807) is 12.3 Å². The summed E-state index contributed by atoms with van der Waals surface area (Å²) in [5.74, 6) is 5.28. The van der Waals surface area contributed by atoms with Crippen LogP contribution in [0.2, 0.25) is 0 Å². The fourth-order valence-corrected chi connectivity index (χ4v) is 1.18. The van der Waals surface area contributed by atoms with E-state index in [2.05, 4.69) is 10.4 Å². The van der Waals surface area contributed by atoms with E-state index in [-0.39, 0.29) is 6.61 Å². The van der Waals surface area contributed by atoms with Crippen molar-refractivity contribution in [2.24, 2.45) is 5.84 Å². The third-order valence-electron chi connectivity index (χ3n) is 1.90. The fraction of sp³-hybridized carbons (Fsp3) is 0.444. The maximum absolute atomic E-state index is 8.72. The molecular weight excluding hydrogens is 180 g/mol. The number of aliphatic hydroxyl groups excluding tert-OH is 1. The molecule has 1 rings (SSSR count). The molecule has 1 aromatic heterocycles. The van der Waals surface area contributed by atoms with Crippen LogP contribution in [0.15, 0.2) is 18.3 Å². The Morgan fingerprint density at radius 2 is 2.43 bits per heavy atom. The van der Waals surface area contributed by atoms with E-state index in [0.717, 1.165) is 11.4 Å². The number of nitrogens with zero attached hydrogens (tertiary/aromatic N) is 2. The van der Waals surface area contributed by atoms with Crippen molar-refractivity contribution in [1.29, 1.82) is 0 Å². The molecule has 0 amide bonds. The number of anilines is 1. The highest BCUT2D eigenvalue weighted by Crippen LogP contribution is 2.07. The summed E-state index contributed by atoms with van der Waals surface area (Å²) in [6, 6.07) is 3.68. The lowest BCUT2D eigenvalue weighted by Crippen LogP contribution is -2.22. The minimum Gasteiger partial charge on any atom is -0.395 e. The summed E-state index contributed by atoms with van der Waals surface area (Å²) in [7, 11) is 1.93. The van der Waals surface area contributed by atoms with Crippen LogP contribution in [-0.2, 0) is 6.54 Å². The highest BCUT2D eigenvalue weighted by Gasteiger charge is 2.01. The molecule has 5 nitrogen and oxygen atoms in total. The zero-order valence-corrected chi connectivity index (χ0v) is 8.27. The lowest BCUT2D eigenvalue weighted by atomic mass is 10.3. The first-order chi connectivity index (χ1) is 6.76. The second-order valence-corrected chi connectivity index (χ2v) is 3.14. The Bertz CT molecular complexity index is 279. The standard InChI is InChI=1S/C9H16N4O/c1-13(4-5-14)7-9-6-8(12-10)2-3-11-9/h2-3,6,14H,4-5,7,10H2,1H3,(H,11,12). The van der Waals surface area contributed by atoms with Crippen LogP contribution >= 0.6 is 0 Å². The number of nitrogens with two attached hydrogens (primary N) is 1. The zero-order chi connectivity index (χ0) is 10.4. The molecule has 1 aromatic rings. The van der Waals surface area contributed by atoms with Crippen LogP contribution in [0.5, 0.6) is 0 Å². The monoisotopic (exact) mass is 196 g/mol. The summed E-state index contributed by atoms with van der Waals surface area (Å²) >= 11 is 0. The van der Waals surface area contributed by atoms with Gasteiger partial charge in [-0.05, 0) is 19.2 Å². The van der Waals surface area contributed by atoms with Gasteiger partial charge in [0.2, 0.25) is 0 Å². The van der Waals surface area contributed by atoms with Crippen LogP contribution in [0.1, 0.15) is 5.69 Å². The smallest absolute Gasteiger partial charge is 0.0564 e. The maximum Gasteiger partial charge on any atom is 0.0564 e. The Hall–Kier alpha value is -1.17. The van der Waals surface area contributed by atoms with E-state index in [1.165, 1.54) is 0 Å². The van der Waals surface area contributed by atoms with Crippen molar-refractivity contribution in [3.63, 3.8) is 0 Å². The van der Waals surface area contributed by atoms with Crippen molar-refractivity contribution in [3.8, 4) is 0 Å². The number of hydrazine groups is 1. The first-order valence-corrected chi connectivity index (χ1v) is 4.47. The van der Waals surface area contributed by atoms with Gasteiger partial charge in [-0.3, -0.25) is 15.7 Å². The molecule has 0 atom stereocenters. The molecule has 0 aliphatic rings. The number of hydrogen-bond acceptors (Lipinski definition) is 5. The predicted molar refractivity (Wildman–Crippen MR) is 55.5 cm³/mol.